The van der Waals surface area contributed by atoms with Crippen LogP contribution in [-0.4, -0.2) is 50.9 Å². The second-order valence-corrected chi connectivity index (χ2v) is 13.2. The van der Waals surface area contributed by atoms with Crippen LogP contribution in [0.2, 0.25) is 0 Å². The van der Waals surface area contributed by atoms with Crippen molar-refractivity contribution in [3.8, 4) is 0 Å². The number of anilines is 5. The van der Waals surface area contributed by atoms with Crippen molar-refractivity contribution >= 4 is 62.5 Å². The smallest absolute Gasteiger partial charge is 0.156 e. The number of aromatic nitrogens is 4. The van der Waals surface area contributed by atoms with E-state index < -0.39 is 0 Å². The fourth-order valence-electron chi connectivity index (χ4n) is 8.29. The van der Waals surface area contributed by atoms with Gasteiger partial charge < -0.3 is 14.7 Å². The summed E-state index contributed by atoms with van der Waals surface area (Å²) in [5.41, 5.74) is 6.92. The van der Waals surface area contributed by atoms with E-state index in [2.05, 4.69) is 153 Å². The highest BCUT2D eigenvalue weighted by Gasteiger charge is 2.38. The number of aliphatic imine (C=N–C) groups is 1. The maximum atomic E-state index is 5.10. The van der Waals surface area contributed by atoms with Crippen molar-refractivity contribution in [3.63, 3.8) is 0 Å². The van der Waals surface area contributed by atoms with Crippen molar-refractivity contribution in [1.29, 1.82) is 0 Å². The number of fused-ring (bicyclic) bond motifs is 7. The highest BCUT2D eigenvalue weighted by Crippen LogP contribution is 2.47. The molecule has 0 saturated carbocycles. The molecular weight excluding hydrogens is 605 g/mol. The summed E-state index contributed by atoms with van der Waals surface area (Å²) in [4.78, 5) is 26.5. The summed E-state index contributed by atoms with van der Waals surface area (Å²) in [5.74, 6) is 3.36. The molecule has 0 N–H and O–H groups in total. The van der Waals surface area contributed by atoms with Crippen molar-refractivity contribution in [2.75, 3.05) is 27.8 Å². The quantitative estimate of drug-likeness (QED) is 0.194. The van der Waals surface area contributed by atoms with E-state index >= 15 is 0 Å². The number of hydrogen-bond acceptors (Lipinski definition) is 7. The number of hydrogen-bond donors (Lipinski definition) is 0. The Morgan fingerprint density at radius 2 is 1.49 bits per heavy atom. The van der Waals surface area contributed by atoms with Crippen LogP contribution < -0.4 is 14.7 Å². The molecule has 4 aliphatic rings. The molecule has 0 radical (unpaired) electrons. The third-order valence-electron chi connectivity index (χ3n) is 10.5. The fourth-order valence-corrected chi connectivity index (χ4v) is 8.29. The van der Waals surface area contributed by atoms with Gasteiger partial charge in [0.1, 0.15) is 23.7 Å². The van der Waals surface area contributed by atoms with E-state index in [4.69, 9.17) is 15.0 Å². The normalized spacial score (nSPS) is 22.4. The third kappa shape index (κ3) is 4.30. The molecule has 6 aromatic rings. The summed E-state index contributed by atoms with van der Waals surface area (Å²) < 4.78 is 2.29. The summed E-state index contributed by atoms with van der Waals surface area (Å²) >= 11 is 0. The van der Waals surface area contributed by atoms with E-state index in [9.17, 15) is 0 Å². The van der Waals surface area contributed by atoms with Gasteiger partial charge >= 0.3 is 0 Å². The molecule has 3 aromatic heterocycles. The highest BCUT2D eigenvalue weighted by molar-refractivity contribution is 6.10. The van der Waals surface area contributed by atoms with Crippen molar-refractivity contribution in [1.82, 2.24) is 19.5 Å². The molecule has 0 fully saturated rings. The molecule has 0 bridgehead atoms. The molecule has 238 valence electrons. The van der Waals surface area contributed by atoms with Crippen LogP contribution in [0.4, 0.5) is 28.7 Å². The van der Waals surface area contributed by atoms with Crippen LogP contribution in [0.1, 0.15) is 18.4 Å². The Morgan fingerprint density at radius 3 is 2.29 bits per heavy atom. The van der Waals surface area contributed by atoms with Crippen LogP contribution in [0.3, 0.4) is 0 Å². The Kier molecular flexibility index (Phi) is 6.31. The first-order chi connectivity index (χ1) is 24.2. The van der Waals surface area contributed by atoms with E-state index in [-0.39, 0.29) is 18.0 Å². The summed E-state index contributed by atoms with van der Waals surface area (Å²) in [6, 6.07) is 30.5. The highest BCUT2D eigenvalue weighted by atomic mass is 15.3. The number of pyridine rings is 1. The molecule has 3 aliphatic heterocycles. The monoisotopic (exact) mass is 638 g/mol. The molecule has 6 heterocycles. The van der Waals surface area contributed by atoms with Gasteiger partial charge in [-0.2, -0.15) is 0 Å². The van der Waals surface area contributed by atoms with Crippen molar-refractivity contribution < 1.29 is 0 Å². The minimum Gasteiger partial charge on any atom is -0.344 e. The summed E-state index contributed by atoms with van der Waals surface area (Å²) in [6.07, 6.45) is 18.8. The number of allylic oxidation sites excluding steroid dienone is 2. The van der Waals surface area contributed by atoms with Gasteiger partial charge in [-0.25, -0.2) is 19.9 Å². The van der Waals surface area contributed by atoms with E-state index in [1.807, 2.05) is 12.4 Å². The molecule has 49 heavy (non-hydrogen) atoms. The average molecular weight is 639 g/mol. The Hall–Kier alpha value is -6.02. The molecule has 4 unspecified atom stereocenters. The lowest BCUT2D eigenvalue weighted by molar-refractivity contribution is 0.578. The predicted octanol–water partition coefficient (Wildman–Crippen LogP) is 8.26. The topological polar surface area (TPSA) is 65.7 Å². The van der Waals surface area contributed by atoms with E-state index in [1.165, 1.54) is 33.1 Å². The summed E-state index contributed by atoms with van der Waals surface area (Å²) in [6.45, 7) is 3.86. The van der Waals surface area contributed by atoms with Gasteiger partial charge in [0.15, 0.2) is 5.82 Å². The Morgan fingerprint density at radius 1 is 0.714 bits per heavy atom. The molecular formula is C41H34N8. The first kappa shape index (κ1) is 28.0. The Bertz CT molecular complexity index is 2310. The van der Waals surface area contributed by atoms with Crippen molar-refractivity contribution in [3.05, 3.63) is 140 Å². The first-order valence-corrected chi connectivity index (χ1v) is 17.0. The molecule has 0 amide bonds. The second kappa shape index (κ2) is 11.0. The van der Waals surface area contributed by atoms with Gasteiger partial charge in [-0.15, -0.1) is 0 Å². The molecule has 3 aromatic carbocycles. The molecule has 0 saturated heterocycles. The Balaban J connectivity index is 0.942. The van der Waals surface area contributed by atoms with Crippen molar-refractivity contribution in [2.45, 2.75) is 24.9 Å². The van der Waals surface area contributed by atoms with Gasteiger partial charge in [-0.05, 0) is 42.0 Å². The molecule has 10 rings (SSSR count). The van der Waals surface area contributed by atoms with Crippen LogP contribution >= 0.6 is 0 Å². The zero-order valence-electron chi connectivity index (χ0n) is 27.1. The molecule has 8 nitrogen and oxygen atoms in total. The van der Waals surface area contributed by atoms with Gasteiger partial charge in [-0.1, -0.05) is 85.8 Å². The molecule has 1 aliphatic carbocycles. The maximum absolute atomic E-state index is 5.10. The van der Waals surface area contributed by atoms with Crippen LogP contribution in [0.15, 0.2) is 139 Å². The zero-order chi connectivity index (χ0) is 32.5. The largest absolute Gasteiger partial charge is 0.344 e. The van der Waals surface area contributed by atoms with Gasteiger partial charge in [0.05, 0.1) is 41.2 Å². The van der Waals surface area contributed by atoms with Gasteiger partial charge in [0.25, 0.3) is 0 Å². The minimum atomic E-state index is 0.0638. The van der Waals surface area contributed by atoms with E-state index in [1.54, 1.807) is 6.33 Å². The number of nitrogens with zero attached hydrogens (tertiary/aromatic N) is 8. The SMILES string of the molecule is CC1C=C(n2c3ccccc3c3ccccc32)N=CC1N1CCN(c2ccc(N3c4ccccc4C4C=CC=CC43)nc2)c2cncnc21. The maximum Gasteiger partial charge on any atom is 0.156 e. The second-order valence-electron chi connectivity index (χ2n) is 13.2. The number of rotatable bonds is 4. The van der Waals surface area contributed by atoms with Crippen LogP contribution in [0, 0.1) is 5.92 Å². The summed E-state index contributed by atoms with van der Waals surface area (Å²) in [5, 5.41) is 2.48. The predicted molar refractivity (Wildman–Crippen MR) is 199 cm³/mol. The van der Waals surface area contributed by atoms with E-state index in [0.717, 1.165) is 41.9 Å². The van der Waals surface area contributed by atoms with Crippen molar-refractivity contribution in [2.24, 2.45) is 10.9 Å². The lowest BCUT2D eigenvalue weighted by Crippen LogP contribution is -2.49. The van der Waals surface area contributed by atoms with Gasteiger partial charge in [0.2, 0.25) is 0 Å². The standard InChI is InChI=1S/C41H34N8/c1-27-22-40(49-35-16-8-4-12-31(35)32-13-5-9-17-36(32)49)44-25-37(27)47-21-20-46(38-24-42-26-45-41(38)47)28-18-19-39(43-23-28)48-33-14-6-2-10-29(33)30-11-3-7-15-34(30)48/h2-19,22-27,29,33,37H,20-21H2,1H3. The zero-order valence-corrected chi connectivity index (χ0v) is 27.1. The first-order valence-electron chi connectivity index (χ1n) is 17.0. The third-order valence-corrected chi connectivity index (χ3v) is 10.5. The molecule has 0 spiro atoms. The van der Waals surface area contributed by atoms with Crippen LogP contribution in [0.5, 0.6) is 0 Å². The minimum absolute atomic E-state index is 0.0638. The van der Waals surface area contributed by atoms with Crippen LogP contribution in [0.25, 0.3) is 27.6 Å². The average Bonchev–Trinajstić information content (AvgIpc) is 3.68. The fraction of sp³-hybridized carbons (Fsp3) is 0.171. The molecule has 8 heteroatoms. The lowest BCUT2D eigenvalue weighted by Gasteiger charge is -2.42. The summed E-state index contributed by atoms with van der Waals surface area (Å²) in [7, 11) is 0. The van der Waals surface area contributed by atoms with Crippen LogP contribution in [-0.2, 0) is 0 Å². The van der Waals surface area contributed by atoms with Gasteiger partial charge in [0, 0.05) is 47.6 Å². The number of para-hydroxylation sites is 3. The lowest BCUT2D eigenvalue weighted by atomic mass is 9.91. The van der Waals surface area contributed by atoms with Gasteiger partial charge in [-0.3, -0.25) is 4.57 Å². The number of benzene rings is 3. The Labute approximate surface area is 284 Å². The molecule has 4 atom stereocenters. The van der Waals surface area contributed by atoms with E-state index in [0.29, 0.717) is 5.92 Å².